The molecule has 3 fully saturated rings. The van der Waals surface area contributed by atoms with E-state index in [4.69, 9.17) is 0 Å². The summed E-state index contributed by atoms with van der Waals surface area (Å²) in [7, 11) is 0. The van der Waals surface area contributed by atoms with Crippen molar-refractivity contribution in [2.24, 2.45) is 11.3 Å². The molecule has 130 valence electrons. The topological polar surface area (TPSA) is 58.4 Å². The van der Waals surface area contributed by atoms with Gasteiger partial charge in [0.2, 0.25) is 11.8 Å². The second-order valence-electron chi connectivity index (χ2n) is 7.87. The molecule has 2 saturated heterocycles. The molecule has 2 amide bonds. The minimum atomic E-state index is 0.117. The number of carbonyl (C=O) groups is 2. The first kappa shape index (κ1) is 15.7. The zero-order chi connectivity index (χ0) is 16.6. The first-order valence-electron chi connectivity index (χ1n) is 9.15. The van der Waals surface area contributed by atoms with Crippen molar-refractivity contribution in [1.82, 2.24) is 19.4 Å². The highest BCUT2D eigenvalue weighted by Crippen LogP contribution is 2.40. The van der Waals surface area contributed by atoms with Gasteiger partial charge in [0.1, 0.15) is 6.54 Å². The number of imidazole rings is 1. The maximum atomic E-state index is 12.6. The van der Waals surface area contributed by atoms with Crippen LogP contribution in [-0.4, -0.2) is 57.3 Å². The van der Waals surface area contributed by atoms with Crippen LogP contribution in [0.3, 0.4) is 0 Å². The SMILES string of the molecule is O=C(Cn1ccnc1)N1CCC[C@@]2(CCC(=O)N(CC3CC3)C2)C1. The second-order valence-corrected chi connectivity index (χ2v) is 7.87. The number of rotatable bonds is 4. The van der Waals surface area contributed by atoms with E-state index in [1.54, 1.807) is 12.5 Å². The van der Waals surface area contributed by atoms with Crippen molar-refractivity contribution in [2.75, 3.05) is 26.2 Å². The molecule has 0 unspecified atom stereocenters. The third-order valence-corrected chi connectivity index (χ3v) is 5.81. The Hall–Kier alpha value is -1.85. The van der Waals surface area contributed by atoms with Gasteiger partial charge in [-0.1, -0.05) is 0 Å². The largest absolute Gasteiger partial charge is 0.342 e. The zero-order valence-corrected chi connectivity index (χ0v) is 14.2. The molecule has 0 radical (unpaired) electrons. The van der Waals surface area contributed by atoms with Gasteiger partial charge in [-0.2, -0.15) is 0 Å². The van der Waals surface area contributed by atoms with Crippen molar-refractivity contribution < 1.29 is 9.59 Å². The lowest BCUT2D eigenvalue weighted by Crippen LogP contribution is -2.55. The summed E-state index contributed by atoms with van der Waals surface area (Å²) in [5, 5.41) is 0. The fraction of sp³-hybridized carbons (Fsp3) is 0.722. The molecule has 3 aliphatic rings. The molecule has 1 aromatic rings. The fourth-order valence-corrected chi connectivity index (χ4v) is 4.27. The first-order chi connectivity index (χ1) is 11.6. The van der Waals surface area contributed by atoms with Crippen molar-refractivity contribution >= 4 is 11.8 Å². The van der Waals surface area contributed by atoms with E-state index in [0.29, 0.717) is 18.9 Å². The number of hydrogen-bond acceptors (Lipinski definition) is 3. The van der Waals surface area contributed by atoms with Gasteiger partial charge in [-0.3, -0.25) is 9.59 Å². The van der Waals surface area contributed by atoms with Crippen molar-refractivity contribution in [3.8, 4) is 0 Å². The predicted molar refractivity (Wildman–Crippen MR) is 89.0 cm³/mol. The lowest BCUT2D eigenvalue weighted by Gasteiger charge is -2.48. The van der Waals surface area contributed by atoms with E-state index in [-0.39, 0.29) is 11.3 Å². The monoisotopic (exact) mass is 330 g/mol. The van der Waals surface area contributed by atoms with Gasteiger partial charge in [0.25, 0.3) is 0 Å². The van der Waals surface area contributed by atoms with Crippen LogP contribution in [0, 0.1) is 11.3 Å². The smallest absolute Gasteiger partial charge is 0.242 e. The number of likely N-dealkylation sites (tertiary alicyclic amines) is 2. The summed E-state index contributed by atoms with van der Waals surface area (Å²) in [5.41, 5.74) is 0.117. The fourth-order valence-electron chi connectivity index (χ4n) is 4.27. The molecule has 1 atom stereocenters. The summed E-state index contributed by atoms with van der Waals surface area (Å²) < 4.78 is 1.83. The summed E-state index contributed by atoms with van der Waals surface area (Å²) in [4.78, 5) is 33.0. The quantitative estimate of drug-likeness (QED) is 0.841. The average Bonchev–Trinajstić information content (AvgIpc) is 3.25. The van der Waals surface area contributed by atoms with Gasteiger partial charge in [0, 0.05) is 50.4 Å². The number of amides is 2. The Morgan fingerprint density at radius 1 is 1.29 bits per heavy atom. The van der Waals surface area contributed by atoms with Gasteiger partial charge in [0.15, 0.2) is 0 Å². The highest BCUT2D eigenvalue weighted by atomic mass is 16.2. The molecule has 6 nitrogen and oxygen atoms in total. The average molecular weight is 330 g/mol. The third kappa shape index (κ3) is 3.32. The molecule has 0 aromatic carbocycles. The van der Waals surface area contributed by atoms with E-state index < -0.39 is 0 Å². The Balaban J connectivity index is 1.41. The number of aromatic nitrogens is 2. The van der Waals surface area contributed by atoms with Crippen molar-refractivity contribution in [3.63, 3.8) is 0 Å². The number of nitrogens with zero attached hydrogens (tertiary/aromatic N) is 4. The number of hydrogen-bond donors (Lipinski definition) is 0. The Morgan fingerprint density at radius 3 is 2.92 bits per heavy atom. The zero-order valence-electron chi connectivity index (χ0n) is 14.2. The standard InChI is InChI=1S/C18H26N4O2/c23-16-4-6-18(13-22(16)10-15-2-3-15)5-1-8-21(12-18)17(24)11-20-9-7-19-14-20/h7,9,14-15H,1-6,8,10-13H2/t18-/m1/s1. The van der Waals surface area contributed by atoms with E-state index in [1.807, 2.05) is 15.7 Å². The van der Waals surface area contributed by atoms with E-state index >= 15 is 0 Å². The maximum Gasteiger partial charge on any atom is 0.242 e. The normalized spacial score (nSPS) is 27.8. The maximum absolute atomic E-state index is 12.6. The Morgan fingerprint density at radius 2 is 2.17 bits per heavy atom. The van der Waals surface area contributed by atoms with E-state index in [0.717, 1.165) is 51.4 Å². The molecule has 0 N–H and O–H groups in total. The molecule has 2 aliphatic heterocycles. The molecule has 0 bridgehead atoms. The van der Waals surface area contributed by atoms with Crippen LogP contribution in [0.1, 0.15) is 38.5 Å². The van der Waals surface area contributed by atoms with Crippen LogP contribution in [0.4, 0.5) is 0 Å². The van der Waals surface area contributed by atoms with E-state index in [1.165, 1.54) is 12.8 Å². The first-order valence-corrected chi connectivity index (χ1v) is 9.15. The van der Waals surface area contributed by atoms with Crippen LogP contribution in [0.5, 0.6) is 0 Å². The molecule has 4 rings (SSSR count). The van der Waals surface area contributed by atoms with E-state index in [9.17, 15) is 9.59 Å². The summed E-state index contributed by atoms with van der Waals surface area (Å²) >= 11 is 0. The van der Waals surface area contributed by atoms with Crippen LogP contribution in [0.2, 0.25) is 0 Å². The third-order valence-electron chi connectivity index (χ3n) is 5.81. The summed E-state index contributed by atoms with van der Waals surface area (Å²) in [5.74, 6) is 1.21. The molecule has 1 saturated carbocycles. The lowest BCUT2D eigenvalue weighted by molar-refractivity contribution is -0.143. The lowest BCUT2D eigenvalue weighted by atomic mass is 9.73. The molecule has 1 aromatic heterocycles. The molecule has 3 heterocycles. The van der Waals surface area contributed by atoms with Gasteiger partial charge in [-0.05, 0) is 38.0 Å². The number of carbonyl (C=O) groups excluding carboxylic acids is 2. The molecular formula is C18H26N4O2. The van der Waals surface area contributed by atoms with Crippen LogP contribution in [0.15, 0.2) is 18.7 Å². The van der Waals surface area contributed by atoms with Gasteiger partial charge in [0.05, 0.1) is 6.33 Å². The van der Waals surface area contributed by atoms with Crippen LogP contribution in [-0.2, 0) is 16.1 Å². The van der Waals surface area contributed by atoms with Gasteiger partial charge >= 0.3 is 0 Å². The molecule has 1 spiro atoms. The van der Waals surface area contributed by atoms with Gasteiger partial charge < -0.3 is 14.4 Å². The number of piperidine rings is 2. The molecule has 6 heteroatoms. The predicted octanol–water partition coefficient (Wildman–Crippen LogP) is 1.52. The molecular weight excluding hydrogens is 304 g/mol. The van der Waals surface area contributed by atoms with Crippen LogP contribution < -0.4 is 0 Å². The highest BCUT2D eigenvalue weighted by molar-refractivity contribution is 5.78. The second kappa shape index (κ2) is 6.22. The Kier molecular flexibility index (Phi) is 4.06. The Labute approximate surface area is 142 Å². The van der Waals surface area contributed by atoms with Gasteiger partial charge in [-0.25, -0.2) is 4.98 Å². The highest BCUT2D eigenvalue weighted by Gasteiger charge is 2.43. The van der Waals surface area contributed by atoms with Crippen molar-refractivity contribution in [1.29, 1.82) is 0 Å². The summed E-state index contributed by atoms with van der Waals surface area (Å²) in [6.07, 6.45) is 11.5. The van der Waals surface area contributed by atoms with Crippen LogP contribution in [0.25, 0.3) is 0 Å². The summed E-state index contributed by atoms with van der Waals surface area (Å²) in [6, 6.07) is 0. The van der Waals surface area contributed by atoms with Crippen molar-refractivity contribution in [2.45, 2.75) is 45.1 Å². The van der Waals surface area contributed by atoms with Crippen LogP contribution >= 0.6 is 0 Å². The molecule has 24 heavy (non-hydrogen) atoms. The molecule has 1 aliphatic carbocycles. The van der Waals surface area contributed by atoms with Crippen molar-refractivity contribution in [3.05, 3.63) is 18.7 Å². The Bertz CT molecular complexity index is 611. The minimum Gasteiger partial charge on any atom is -0.342 e. The minimum absolute atomic E-state index is 0.117. The summed E-state index contributed by atoms with van der Waals surface area (Å²) in [6.45, 7) is 3.78. The van der Waals surface area contributed by atoms with E-state index in [2.05, 4.69) is 9.88 Å². The van der Waals surface area contributed by atoms with Gasteiger partial charge in [-0.15, -0.1) is 0 Å².